The molecule has 1 aliphatic carbocycles. The second-order valence-corrected chi connectivity index (χ2v) is 10.6. The SMILES string of the molecule is CNC(C)C(=O)NC(C(=O)N1CCCC1Cn1cc(C(C)=O)c2c(F)c(Cl)ccc21)C1CCCCC1. The molecule has 7 nitrogen and oxygen atoms in total. The third kappa shape index (κ3) is 5.30. The fourth-order valence-electron chi connectivity index (χ4n) is 5.72. The van der Waals surface area contributed by atoms with E-state index in [0.29, 0.717) is 18.6 Å². The third-order valence-corrected chi connectivity index (χ3v) is 8.19. The highest BCUT2D eigenvalue weighted by molar-refractivity contribution is 6.31. The third-order valence-electron chi connectivity index (χ3n) is 7.89. The lowest BCUT2D eigenvalue weighted by molar-refractivity contribution is -0.139. The topological polar surface area (TPSA) is 83.4 Å². The summed E-state index contributed by atoms with van der Waals surface area (Å²) in [4.78, 5) is 40.8. The van der Waals surface area contributed by atoms with Gasteiger partial charge in [0.1, 0.15) is 6.04 Å². The maximum absolute atomic E-state index is 14.9. The van der Waals surface area contributed by atoms with Crippen LogP contribution in [0.5, 0.6) is 0 Å². The number of hydrogen-bond donors (Lipinski definition) is 2. The van der Waals surface area contributed by atoms with Crippen molar-refractivity contribution in [1.29, 1.82) is 0 Å². The van der Waals surface area contributed by atoms with Crippen LogP contribution in [0.2, 0.25) is 5.02 Å². The van der Waals surface area contributed by atoms with Gasteiger partial charge in [-0.15, -0.1) is 0 Å². The number of rotatable bonds is 8. The first-order chi connectivity index (χ1) is 17.2. The second-order valence-electron chi connectivity index (χ2n) is 10.2. The van der Waals surface area contributed by atoms with Crippen molar-refractivity contribution in [2.75, 3.05) is 13.6 Å². The monoisotopic (exact) mass is 518 g/mol. The van der Waals surface area contributed by atoms with Gasteiger partial charge in [-0.1, -0.05) is 30.9 Å². The quantitative estimate of drug-likeness (QED) is 0.510. The maximum Gasteiger partial charge on any atom is 0.245 e. The first kappa shape index (κ1) is 26.6. The van der Waals surface area contributed by atoms with Crippen molar-refractivity contribution in [2.45, 2.75) is 83.5 Å². The molecule has 1 saturated heterocycles. The lowest BCUT2D eigenvalue weighted by atomic mass is 9.83. The Morgan fingerprint density at radius 3 is 2.53 bits per heavy atom. The van der Waals surface area contributed by atoms with Gasteiger partial charge in [0.15, 0.2) is 11.6 Å². The predicted molar refractivity (Wildman–Crippen MR) is 139 cm³/mol. The molecule has 1 saturated carbocycles. The van der Waals surface area contributed by atoms with Gasteiger partial charge in [0, 0.05) is 36.3 Å². The molecule has 3 atom stereocenters. The van der Waals surface area contributed by atoms with Crippen LogP contribution in [0.25, 0.3) is 10.9 Å². The van der Waals surface area contributed by atoms with Crippen molar-refractivity contribution in [3.63, 3.8) is 0 Å². The zero-order valence-electron chi connectivity index (χ0n) is 21.3. The van der Waals surface area contributed by atoms with Crippen LogP contribution in [-0.4, -0.2) is 58.8 Å². The highest BCUT2D eigenvalue weighted by atomic mass is 35.5. The summed E-state index contributed by atoms with van der Waals surface area (Å²) in [5.74, 6) is -0.937. The van der Waals surface area contributed by atoms with E-state index < -0.39 is 17.9 Å². The summed E-state index contributed by atoms with van der Waals surface area (Å²) < 4.78 is 16.7. The highest BCUT2D eigenvalue weighted by Gasteiger charge is 2.39. The molecule has 0 bridgehead atoms. The fraction of sp³-hybridized carbons (Fsp3) is 0.593. The first-order valence-electron chi connectivity index (χ1n) is 13.0. The number of ketones is 1. The highest BCUT2D eigenvalue weighted by Crippen LogP contribution is 2.32. The number of likely N-dealkylation sites (tertiary alicyclic amines) is 1. The van der Waals surface area contributed by atoms with Crippen molar-refractivity contribution in [1.82, 2.24) is 20.1 Å². The first-order valence-corrected chi connectivity index (χ1v) is 13.4. The number of halogens is 2. The Morgan fingerprint density at radius 1 is 1.14 bits per heavy atom. The fourth-order valence-corrected chi connectivity index (χ4v) is 5.88. The van der Waals surface area contributed by atoms with Crippen LogP contribution < -0.4 is 10.6 Å². The van der Waals surface area contributed by atoms with Gasteiger partial charge >= 0.3 is 0 Å². The van der Waals surface area contributed by atoms with Crippen molar-refractivity contribution < 1.29 is 18.8 Å². The van der Waals surface area contributed by atoms with Gasteiger partial charge in [-0.05, 0) is 64.6 Å². The van der Waals surface area contributed by atoms with Crippen LogP contribution in [0.1, 0.15) is 69.2 Å². The van der Waals surface area contributed by atoms with Crippen LogP contribution in [0, 0.1) is 11.7 Å². The number of carbonyl (C=O) groups excluding carboxylic acids is 3. The van der Waals surface area contributed by atoms with Gasteiger partial charge in [-0.3, -0.25) is 14.4 Å². The van der Waals surface area contributed by atoms with E-state index in [1.165, 1.54) is 13.0 Å². The molecule has 2 heterocycles. The molecule has 4 rings (SSSR count). The number of aromatic nitrogens is 1. The minimum absolute atomic E-state index is 0.0257. The van der Waals surface area contributed by atoms with Crippen molar-refractivity contribution >= 4 is 40.1 Å². The molecule has 196 valence electrons. The summed E-state index contributed by atoms with van der Waals surface area (Å²) in [6, 6.07) is 2.15. The molecule has 9 heteroatoms. The van der Waals surface area contributed by atoms with E-state index in [1.807, 2.05) is 9.47 Å². The number of likely N-dealkylation sites (N-methyl/N-ethyl adjacent to an activating group) is 1. The number of nitrogens with one attached hydrogen (secondary N) is 2. The summed E-state index contributed by atoms with van der Waals surface area (Å²) in [7, 11) is 1.73. The van der Waals surface area contributed by atoms with Gasteiger partial charge in [0.05, 0.1) is 16.6 Å². The number of amides is 2. The van der Waals surface area contributed by atoms with Crippen LogP contribution in [-0.2, 0) is 16.1 Å². The Hall–Kier alpha value is -2.45. The minimum atomic E-state index is -0.601. The van der Waals surface area contributed by atoms with Gasteiger partial charge in [-0.2, -0.15) is 0 Å². The number of fused-ring (bicyclic) bond motifs is 1. The lowest BCUT2D eigenvalue weighted by Crippen LogP contribution is -2.56. The summed E-state index contributed by atoms with van der Waals surface area (Å²) >= 11 is 6.00. The maximum atomic E-state index is 14.9. The summed E-state index contributed by atoms with van der Waals surface area (Å²) in [6.07, 6.45) is 8.45. The standard InChI is InChI=1S/C27H36ClFN4O3/c1-16(30-3)26(35)31-25(18-8-5-4-6-9-18)27(36)33-13-7-10-19(33)14-32-15-20(17(2)34)23-22(32)12-11-21(28)24(23)29/h11-12,15-16,18-19,25,30H,4-10,13-14H2,1-3H3,(H,31,35). The minimum Gasteiger partial charge on any atom is -0.345 e. The molecule has 1 aliphatic heterocycles. The molecular formula is C27H36ClFN4O3. The summed E-state index contributed by atoms with van der Waals surface area (Å²) in [6.45, 7) is 4.25. The van der Waals surface area contributed by atoms with Crippen molar-refractivity contribution in [3.05, 3.63) is 34.7 Å². The number of Topliss-reactive ketones (excluding diaryl/α,β-unsaturated/α-hetero) is 1. The van der Waals surface area contributed by atoms with Crippen molar-refractivity contribution in [2.24, 2.45) is 5.92 Å². The molecule has 2 aromatic rings. The number of nitrogens with zero attached hydrogens (tertiary/aromatic N) is 2. The van der Waals surface area contributed by atoms with E-state index in [-0.39, 0.29) is 45.5 Å². The largest absolute Gasteiger partial charge is 0.345 e. The van der Waals surface area contributed by atoms with Crippen LogP contribution in [0.4, 0.5) is 4.39 Å². The Balaban J connectivity index is 1.61. The van der Waals surface area contributed by atoms with Crippen molar-refractivity contribution in [3.8, 4) is 0 Å². The number of benzene rings is 1. The summed E-state index contributed by atoms with van der Waals surface area (Å²) in [5, 5.41) is 6.20. The summed E-state index contributed by atoms with van der Waals surface area (Å²) in [5.41, 5.74) is 0.871. The average Bonchev–Trinajstić information content (AvgIpc) is 3.49. The number of carbonyl (C=O) groups is 3. The molecule has 2 amide bonds. The predicted octanol–water partition coefficient (Wildman–Crippen LogP) is 4.30. The molecule has 1 aromatic heterocycles. The van der Waals surface area contributed by atoms with Crippen LogP contribution in [0.3, 0.4) is 0 Å². The Labute approximate surface area is 216 Å². The molecule has 0 radical (unpaired) electrons. The molecule has 1 aromatic carbocycles. The second kappa shape index (κ2) is 11.3. The normalized spacial score (nSPS) is 20.5. The van der Waals surface area contributed by atoms with Crippen LogP contribution in [0.15, 0.2) is 18.3 Å². The van der Waals surface area contributed by atoms with E-state index in [1.54, 1.807) is 26.2 Å². The lowest BCUT2D eigenvalue weighted by Gasteiger charge is -2.35. The molecule has 2 N–H and O–H groups in total. The Kier molecular flexibility index (Phi) is 8.35. The zero-order chi connectivity index (χ0) is 26.0. The average molecular weight is 519 g/mol. The molecule has 3 unspecified atom stereocenters. The zero-order valence-corrected chi connectivity index (χ0v) is 22.0. The van der Waals surface area contributed by atoms with E-state index >= 15 is 0 Å². The van der Waals surface area contributed by atoms with E-state index in [9.17, 15) is 18.8 Å². The van der Waals surface area contributed by atoms with Gasteiger partial charge < -0.3 is 20.1 Å². The molecule has 2 fully saturated rings. The molecule has 2 aliphatic rings. The van der Waals surface area contributed by atoms with E-state index in [2.05, 4.69) is 10.6 Å². The molecule has 0 spiro atoms. The smallest absolute Gasteiger partial charge is 0.245 e. The van der Waals surface area contributed by atoms with Gasteiger partial charge in [-0.25, -0.2) is 4.39 Å². The Bertz CT molecular complexity index is 1140. The molecule has 36 heavy (non-hydrogen) atoms. The number of hydrogen-bond acceptors (Lipinski definition) is 4. The van der Waals surface area contributed by atoms with Gasteiger partial charge in [0.2, 0.25) is 11.8 Å². The molecular weight excluding hydrogens is 483 g/mol. The Morgan fingerprint density at radius 2 is 1.86 bits per heavy atom. The van der Waals surface area contributed by atoms with E-state index in [0.717, 1.165) is 44.9 Å². The van der Waals surface area contributed by atoms with E-state index in [4.69, 9.17) is 11.6 Å². The van der Waals surface area contributed by atoms with Gasteiger partial charge in [0.25, 0.3) is 0 Å². The van der Waals surface area contributed by atoms with Crippen LogP contribution >= 0.6 is 11.6 Å².